The number of anilines is 1. The second kappa shape index (κ2) is 5.78. The first-order valence-corrected chi connectivity index (χ1v) is 6.85. The van der Waals surface area contributed by atoms with E-state index in [1.165, 1.54) is 17.0 Å². The van der Waals surface area contributed by atoms with Gasteiger partial charge >= 0.3 is 11.8 Å². The molecule has 0 bridgehead atoms. The molecule has 1 amide bonds. The van der Waals surface area contributed by atoms with Crippen molar-refractivity contribution in [3.05, 3.63) is 34.1 Å². The van der Waals surface area contributed by atoms with E-state index in [1.807, 2.05) is 0 Å². The number of hydrogen-bond donors (Lipinski definition) is 1. The van der Waals surface area contributed by atoms with Crippen molar-refractivity contribution in [2.45, 2.75) is 32.4 Å². The summed E-state index contributed by atoms with van der Waals surface area (Å²) in [7, 11) is 0. The van der Waals surface area contributed by atoms with Gasteiger partial charge in [-0.15, -0.1) is 0 Å². The lowest BCUT2D eigenvalue weighted by molar-refractivity contribution is -0.386. The summed E-state index contributed by atoms with van der Waals surface area (Å²) in [6.07, 6.45) is -0.431. The third-order valence-corrected chi connectivity index (χ3v) is 3.06. The summed E-state index contributed by atoms with van der Waals surface area (Å²) in [5.41, 5.74) is -1.05. The molecule has 1 heterocycles. The number of halogens is 1. The molecule has 22 heavy (non-hydrogen) atoms. The van der Waals surface area contributed by atoms with Crippen molar-refractivity contribution < 1.29 is 18.8 Å². The lowest BCUT2D eigenvalue weighted by Crippen LogP contribution is -2.57. The molecule has 0 unspecified atom stereocenters. The number of carbonyl (C=O) groups excluding carboxylic acids is 1. The Morgan fingerprint density at radius 1 is 1.45 bits per heavy atom. The molecule has 1 aliphatic rings. The van der Waals surface area contributed by atoms with Crippen molar-refractivity contribution in [3.8, 4) is 0 Å². The van der Waals surface area contributed by atoms with Crippen LogP contribution in [0.2, 0.25) is 0 Å². The number of hydrogen-bond acceptors (Lipinski definition) is 5. The van der Waals surface area contributed by atoms with Crippen LogP contribution in [0.4, 0.5) is 20.6 Å². The number of nitro benzene ring substituents is 1. The molecular weight excluding hydrogens is 293 g/mol. The number of nitro groups is 1. The second-order valence-corrected chi connectivity index (χ2v) is 6.12. The molecule has 0 spiro atoms. The number of nitrogens with zero attached hydrogens (tertiary/aromatic N) is 2. The van der Waals surface area contributed by atoms with E-state index in [0.29, 0.717) is 13.1 Å². The maximum atomic E-state index is 13.5. The molecule has 0 saturated carbocycles. The lowest BCUT2D eigenvalue weighted by Gasteiger charge is -2.40. The third-order valence-electron chi connectivity index (χ3n) is 3.06. The number of likely N-dealkylation sites (tertiary alicyclic amines) is 1. The number of carbonyl (C=O) groups is 1. The first-order chi connectivity index (χ1) is 10.2. The summed E-state index contributed by atoms with van der Waals surface area (Å²) in [5, 5.41) is 13.8. The summed E-state index contributed by atoms with van der Waals surface area (Å²) in [4.78, 5) is 23.4. The summed E-state index contributed by atoms with van der Waals surface area (Å²) in [6, 6.07) is 3.71. The molecule has 2 rings (SSSR count). The zero-order valence-corrected chi connectivity index (χ0v) is 12.6. The van der Waals surface area contributed by atoms with Gasteiger partial charge in [-0.05, 0) is 32.9 Å². The van der Waals surface area contributed by atoms with Crippen LogP contribution >= 0.6 is 0 Å². The van der Waals surface area contributed by atoms with Gasteiger partial charge in [0.05, 0.1) is 11.0 Å². The Morgan fingerprint density at radius 2 is 2.09 bits per heavy atom. The predicted molar refractivity (Wildman–Crippen MR) is 78.3 cm³/mol. The topological polar surface area (TPSA) is 84.7 Å². The number of rotatable bonds is 3. The maximum Gasteiger partial charge on any atom is 0.410 e. The minimum atomic E-state index is -0.890. The van der Waals surface area contributed by atoms with E-state index in [1.54, 1.807) is 20.8 Å². The van der Waals surface area contributed by atoms with E-state index in [4.69, 9.17) is 4.74 Å². The third kappa shape index (κ3) is 3.63. The van der Waals surface area contributed by atoms with Crippen molar-refractivity contribution in [1.82, 2.24) is 4.90 Å². The van der Waals surface area contributed by atoms with Gasteiger partial charge in [0.25, 0.3) is 0 Å². The number of benzene rings is 1. The van der Waals surface area contributed by atoms with E-state index < -0.39 is 28.1 Å². The van der Waals surface area contributed by atoms with Crippen LogP contribution in [0.15, 0.2) is 18.2 Å². The molecule has 0 aliphatic carbocycles. The zero-order valence-electron chi connectivity index (χ0n) is 12.6. The fourth-order valence-corrected chi connectivity index (χ4v) is 2.08. The van der Waals surface area contributed by atoms with E-state index >= 15 is 0 Å². The van der Waals surface area contributed by atoms with Crippen molar-refractivity contribution in [2.75, 3.05) is 18.4 Å². The van der Waals surface area contributed by atoms with Gasteiger partial charge in [-0.2, -0.15) is 4.39 Å². The molecule has 1 aliphatic heterocycles. The monoisotopic (exact) mass is 311 g/mol. The van der Waals surface area contributed by atoms with E-state index in [2.05, 4.69) is 5.32 Å². The number of para-hydroxylation sites is 1. The largest absolute Gasteiger partial charge is 0.444 e. The molecule has 7 nitrogen and oxygen atoms in total. The second-order valence-electron chi connectivity index (χ2n) is 6.12. The zero-order chi connectivity index (χ0) is 16.5. The normalized spacial score (nSPS) is 15.2. The van der Waals surface area contributed by atoms with Crippen molar-refractivity contribution in [3.63, 3.8) is 0 Å². The molecule has 1 aromatic carbocycles. The number of nitrogens with one attached hydrogen (secondary N) is 1. The standard InChI is InChI=1S/C14H18FN3O4/c1-14(2,3)22-13(19)17-7-9(8-17)16-11-6-4-5-10(15)12(11)18(20)21/h4-6,9,16H,7-8H2,1-3H3. The number of ether oxygens (including phenoxy) is 1. The van der Waals surface area contributed by atoms with Crippen LogP contribution in [0.25, 0.3) is 0 Å². The molecule has 1 aromatic rings. The molecular formula is C14H18FN3O4. The Morgan fingerprint density at radius 3 is 2.64 bits per heavy atom. The fraction of sp³-hybridized carbons (Fsp3) is 0.500. The van der Waals surface area contributed by atoms with Crippen LogP contribution in [0.3, 0.4) is 0 Å². The minimum absolute atomic E-state index is 0.110. The predicted octanol–water partition coefficient (Wildman–Crippen LogP) is 2.77. The molecule has 1 N–H and O–H groups in total. The number of amides is 1. The van der Waals surface area contributed by atoms with Gasteiger partial charge in [0.1, 0.15) is 11.3 Å². The van der Waals surface area contributed by atoms with Gasteiger partial charge in [0.2, 0.25) is 5.82 Å². The molecule has 0 aromatic heterocycles. The Bertz CT molecular complexity index is 594. The Labute approximate surface area is 127 Å². The highest BCUT2D eigenvalue weighted by molar-refractivity contribution is 5.70. The molecule has 8 heteroatoms. The Hall–Kier alpha value is -2.38. The smallest absolute Gasteiger partial charge is 0.410 e. The maximum absolute atomic E-state index is 13.5. The molecule has 1 fully saturated rings. The van der Waals surface area contributed by atoms with Crippen molar-refractivity contribution in [1.29, 1.82) is 0 Å². The highest BCUT2D eigenvalue weighted by Crippen LogP contribution is 2.29. The van der Waals surface area contributed by atoms with Gasteiger partial charge in [-0.25, -0.2) is 4.79 Å². The molecule has 0 atom stereocenters. The quantitative estimate of drug-likeness (QED) is 0.685. The van der Waals surface area contributed by atoms with Gasteiger partial charge < -0.3 is 15.0 Å². The van der Waals surface area contributed by atoms with Crippen molar-refractivity contribution >= 4 is 17.5 Å². The summed E-state index contributed by atoms with van der Waals surface area (Å²) >= 11 is 0. The molecule has 1 saturated heterocycles. The first kappa shape index (κ1) is 16.0. The van der Waals surface area contributed by atoms with E-state index in [0.717, 1.165) is 6.07 Å². The van der Waals surface area contributed by atoms with Gasteiger partial charge in [-0.3, -0.25) is 10.1 Å². The average molecular weight is 311 g/mol. The Kier molecular flexibility index (Phi) is 4.20. The van der Waals surface area contributed by atoms with E-state index in [9.17, 15) is 19.3 Å². The van der Waals surface area contributed by atoms with Gasteiger partial charge in [0.15, 0.2) is 0 Å². The fourth-order valence-electron chi connectivity index (χ4n) is 2.08. The van der Waals surface area contributed by atoms with E-state index in [-0.39, 0.29) is 11.7 Å². The van der Waals surface area contributed by atoms with Gasteiger partial charge in [0, 0.05) is 13.1 Å². The van der Waals surface area contributed by atoms with Crippen LogP contribution in [0, 0.1) is 15.9 Å². The van der Waals surface area contributed by atoms with Crippen molar-refractivity contribution in [2.24, 2.45) is 0 Å². The highest BCUT2D eigenvalue weighted by atomic mass is 19.1. The SMILES string of the molecule is CC(C)(C)OC(=O)N1CC(Nc2cccc(F)c2[N+](=O)[O-])C1. The lowest BCUT2D eigenvalue weighted by atomic mass is 10.1. The van der Waals surface area contributed by atoms with Crippen LogP contribution < -0.4 is 5.32 Å². The van der Waals surface area contributed by atoms with Crippen LogP contribution in [-0.2, 0) is 4.74 Å². The summed E-state index contributed by atoms with van der Waals surface area (Å²) in [6.45, 7) is 6.02. The highest BCUT2D eigenvalue weighted by Gasteiger charge is 2.35. The summed E-state index contributed by atoms with van der Waals surface area (Å²) < 4.78 is 18.7. The molecule has 0 radical (unpaired) electrons. The van der Waals surface area contributed by atoms with Crippen LogP contribution in [-0.4, -0.2) is 40.6 Å². The van der Waals surface area contributed by atoms with Gasteiger partial charge in [-0.1, -0.05) is 6.07 Å². The first-order valence-electron chi connectivity index (χ1n) is 6.85. The Balaban J connectivity index is 1.95. The summed E-state index contributed by atoms with van der Waals surface area (Å²) in [5.74, 6) is -0.890. The molecule has 120 valence electrons. The average Bonchev–Trinajstić information content (AvgIpc) is 2.30. The van der Waals surface area contributed by atoms with Crippen LogP contribution in [0.5, 0.6) is 0 Å². The minimum Gasteiger partial charge on any atom is -0.444 e. The van der Waals surface area contributed by atoms with Crippen LogP contribution in [0.1, 0.15) is 20.8 Å².